The molecule has 0 aliphatic carbocycles. The molecule has 0 aliphatic rings. The smallest absolute Gasteiger partial charge is 0.225 e. The topological polar surface area (TPSA) is 86.3 Å². The van der Waals surface area contributed by atoms with Gasteiger partial charge in [-0.05, 0) is 26.0 Å². The first kappa shape index (κ1) is 31.7. The molecule has 32 heavy (non-hydrogen) atoms. The second-order valence-corrected chi connectivity index (χ2v) is 12.2. The van der Waals surface area contributed by atoms with Gasteiger partial charge >= 0.3 is 0 Å². The predicted molar refractivity (Wildman–Crippen MR) is 138 cm³/mol. The number of carbonyl (C=O) groups is 1. The fourth-order valence-electron chi connectivity index (χ4n) is 3.83. The van der Waals surface area contributed by atoms with Crippen LogP contribution in [-0.2, 0) is 14.9 Å². The zero-order chi connectivity index (χ0) is 24.1. The number of rotatable bonds is 23. The van der Waals surface area contributed by atoms with Gasteiger partial charge in [0.05, 0.1) is 22.3 Å². The Morgan fingerprint density at radius 1 is 0.812 bits per heavy atom. The highest BCUT2D eigenvalue weighted by molar-refractivity contribution is 7.99. The molecule has 0 fully saturated rings. The molecule has 0 aromatic heterocycles. The molecule has 5 nitrogen and oxygen atoms in total. The molecule has 0 saturated heterocycles. The summed E-state index contributed by atoms with van der Waals surface area (Å²) in [4.78, 5) is 11.8. The summed E-state index contributed by atoms with van der Waals surface area (Å²) in [7, 11) is -4.37. The van der Waals surface area contributed by atoms with Gasteiger partial charge in [-0.3, -0.25) is 4.79 Å². The van der Waals surface area contributed by atoms with E-state index in [2.05, 4.69) is 12.2 Å². The molecule has 1 N–H and O–H groups in total. The second-order valence-electron chi connectivity index (χ2n) is 9.66. The van der Waals surface area contributed by atoms with Crippen molar-refractivity contribution in [1.82, 2.24) is 5.32 Å². The number of nitrogens with one attached hydrogen (secondary N) is 1. The van der Waals surface area contributed by atoms with E-state index in [0.29, 0.717) is 5.75 Å². The molecule has 0 rings (SSSR count). The highest BCUT2D eigenvalue weighted by Gasteiger charge is 2.23. The van der Waals surface area contributed by atoms with Gasteiger partial charge in [-0.2, -0.15) is 11.8 Å². The lowest BCUT2D eigenvalue weighted by Crippen LogP contribution is -2.48. The maximum absolute atomic E-state index is 11.8. The summed E-state index contributed by atoms with van der Waals surface area (Å²) in [5, 5.41) is 2.58. The molecule has 0 bridgehead atoms. The number of amides is 1. The molecule has 0 atom stereocenters. The van der Waals surface area contributed by atoms with E-state index in [-0.39, 0.29) is 5.91 Å². The molecular weight excluding hydrogens is 442 g/mol. The molecule has 0 saturated carbocycles. The van der Waals surface area contributed by atoms with Gasteiger partial charge in [0.1, 0.15) is 0 Å². The van der Waals surface area contributed by atoms with E-state index in [0.717, 1.165) is 12.2 Å². The van der Waals surface area contributed by atoms with Crippen molar-refractivity contribution < 1.29 is 17.8 Å². The molecule has 0 spiro atoms. The van der Waals surface area contributed by atoms with Crippen LogP contribution in [0.1, 0.15) is 124 Å². The Morgan fingerprint density at radius 3 is 1.62 bits per heavy atom. The molecule has 0 heterocycles. The maximum atomic E-state index is 11.8. The summed E-state index contributed by atoms with van der Waals surface area (Å²) in [5.41, 5.74) is -1.05. The van der Waals surface area contributed by atoms with Gasteiger partial charge < -0.3 is 9.87 Å². The van der Waals surface area contributed by atoms with Gasteiger partial charge in [0, 0.05) is 11.3 Å². The first-order valence-corrected chi connectivity index (χ1v) is 15.6. The zero-order valence-electron chi connectivity index (χ0n) is 21.0. The fourth-order valence-corrected chi connectivity index (χ4v) is 5.63. The summed E-state index contributed by atoms with van der Waals surface area (Å²) in [6, 6.07) is 0. The van der Waals surface area contributed by atoms with Crippen molar-refractivity contribution in [2.75, 3.05) is 17.3 Å². The third kappa shape index (κ3) is 24.4. The second kappa shape index (κ2) is 20.1. The third-order valence-corrected chi connectivity index (χ3v) is 7.58. The lowest BCUT2D eigenvalue weighted by molar-refractivity contribution is -0.119. The number of hydrogen-bond acceptors (Lipinski definition) is 5. The molecule has 0 aromatic rings. The van der Waals surface area contributed by atoms with Crippen LogP contribution in [0.3, 0.4) is 0 Å². The summed E-state index contributed by atoms with van der Waals surface area (Å²) in [6.07, 6.45) is 23.3. The van der Waals surface area contributed by atoms with Gasteiger partial charge in [-0.25, -0.2) is 8.42 Å². The Labute approximate surface area is 203 Å². The van der Waals surface area contributed by atoms with Crippen molar-refractivity contribution in [2.45, 2.75) is 129 Å². The van der Waals surface area contributed by atoms with Gasteiger partial charge in [-0.15, -0.1) is 0 Å². The Balaban J connectivity index is 3.34. The minimum atomic E-state index is -4.37. The first-order valence-electron chi connectivity index (χ1n) is 12.8. The predicted octanol–water partition coefficient (Wildman–Crippen LogP) is 6.63. The van der Waals surface area contributed by atoms with Crippen LogP contribution in [-0.4, -0.2) is 41.7 Å². The Morgan fingerprint density at radius 2 is 1.22 bits per heavy atom. The van der Waals surface area contributed by atoms with E-state index in [1.165, 1.54) is 117 Å². The van der Waals surface area contributed by atoms with E-state index in [1.54, 1.807) is 11.8 Å². The standard InChI is InChI=1S/C25H50NO4S2/c1-4-5-6-7-8-9-10-11-12-13-14-15-16-17-18-19-21-31-22-20-24(27)26-25(2,3)23-32(28,29)30/h20H,4-19,21-23H2,1-3H3,(H,26,27)(H,28,29,30)/p-1. The van der Waals surface area contributed by atoms with E-state index in [9.17, 15) is 17.8 Å². The quantitative estimate of drug-likeness (QED) is 0.128. The fraction of sp³-hybridized carbons (Fsp3) is 0.920. The summed E-state index contributed by atoms with van der Waals surface area (Å²) in [6.45, 7) is 5.35. The number of unbranched alkanes of at least 4 members (excludes halogenated alkanes) is 15. The van der Waals surface area contributed by atoms with Crippen molar-refractivity contribution in [2.24, 2.45) is 0 Å². The van der Waals surface area contributed by atoms with E-state index in [4.69, 9.17) is 0 Å². The van der Waals surface area contributed by atoms with Crippen LogP contribution in [0.2, 0.25) is 0 Å². The van der Waals surface area contributed by atoms with Gasteiger partial charge in [-0.1, -0.05) is 103 Å². The Hall–Kier alpha value is -0.270. The van der Waals surface area contributed by atoms with Crippen molar-refractivity contribution in [3.8, 4) is 0 Å². The van der Waals surface area contributed by atoms with Crippen molar-refractivity contribution in [3.05, 3.63) is 6.42 Å². The highest BCUT2D eigenvalue weighted by atomic mass is 32.2. The number of thioether (sulfide) groups is 1. The summed E-state index contributed by atoms with van der Waals surface area (Å²) >= 11 is 1.71. The monoisotopic (exact) mass is 491 g/mol. The van der Waals surface area contributed by atoms with Crippen LogP contribution in [0, 0.1) is 6.42 Å². The van der Waals surface area contributed by atoms with Crippen LogP contribution in [0.4, 0.5) is 0 Å². The lowest BCUT2D eigenvalue weighted by atomic mass is 10.0. The van der Waals surface area contributed by atoms with Crippen LogP contribution in [0.5, 0.6) is 0 Å². The Kier molecular flexibility index (Phi) is 20.0. The average molecular weight is 492 g/mol. The van der Waals surface area contributed by atoms with E-state index in [1.807, 2.05) is 0 Å². The average Bonchev–Trinajstić information content (AvgIpc) is 2.67. The molecule has 191 valence electrons. The van der Waals surface area contributed by atoms with Gasteiger partial charge in [0.2, 0.25) is 5.91 Å². The normalized spacial score (nSPS) is 12.2. The zero-order valence-corrected chi connectivity index (χ0v) is 22.6. The van der Waals surface area contributed by atoms with Crippen LogP contribution in [0.15, 0.2) is 0 Å². The number of carbonyl (C=O) groups excluding carboxylic acids is 1. The summed E-state index contributed by atoms with van der Waals surface area (Å²) < 4.78 is 32.5. The Bertz CT molecular complexity index is 550. The third-order valence-electron chi connectivity index (χ3n) is 5.53. The molecule has 1 amide bonds. The summed E-state index contributed by atoms with van der Waals surface area (Å²) in [5.74, 6) is 0.704. The lowest BCUT2D eigenvalue weighted by Gasteiger charge is -2.27. The minimum Gasteiger partial charge on any atom is -0.748 e. The molecule has 0 aliphatic heterocycles. The van der Waals surface area contributed by atoms with Crippen molar-refractivity contribution >= 4 is 27.8 Å². The van der Waals surface area contributed by atoms with Gasteiger partial charge in [0.15, 0.2) is 0 Å². The van der Waals surface area contributed by atoms with Crippen molar-refractivity contribution in [3.63, 3.8) is 0 Å². The van der Waals surface area contributed by atoms with E-state index < -0.39 is 21.4 Å². The first-order chi connectivity index (χ1) is 15.2. The van der Waals surface area contributed by atoms with Gasteiger partial charge in [0.25, 0.3) is 0 Å². The van der Waals surface area contributed by atoms with Crippen LogP contribution < -0.4 is 5.32 Å². The number of hydrogen-bond donors (Lipinski definition) is 1. The molecule has 0 aromatic carbocycles. The van der Waals surface area contributed by atoms with Crippen molar-refractivity contribution in [1.29, 1.82) is 0 Å². The molecule has 1 radical (unpaired) electrons. The van der Waals surface area contributed by atoms with Crippen LogP contribution >= 0.6 is 11.8 Å². The largest absolute Gasteiger partial charge is 0.748 e. The highest BCUT2D eigenvalue weighted by Crippen LogP contribution is 2.15. The maximum Gasteiger partial charge on any atom is 0.225 e. The van der Waals surface area contributed by atoms with E-state index >= 15 is 0 Å². The molecule has 0 unspecified atom stereocenters. The molecular formula is C25H49NO4S2-. The molecule has 7 heteroatoms. The van der Waals surface area contributed by atoms with Crippen LogP contribution in [0.25, 0.3) is 0 Å². The minimum absolute atomic E-state index is 0.321. The SMILES string of the molecule is CCCCCCCCCCCCCCCCCCSC[CH]C(=O)NC(C)(C)CS(=O)(=O)[O-].